The first kappa shape index (κ1) is 13.2. The summed E-state index contributed by atoms with van der Waals surface area (Å²) in [6, 6.07) is 5.83. The molecule has 1 aromatic carbocycles. The van der Waals surface area contributed by atoms with Gasteiger partial charge in [-0.05, 0) is 6.07 Å². The molecule has 0 aliphatic carbocycles. The highest BCUT2D eigenvalue weighted by Gasteiger charge is 2.11. The summed E-state index contributed by atoms with van der Waals surface area (Å²) in [6.45, 7) is 0.265. The summed E-state index contributed by atoms with van der Waals surface area (Å²) in [5.41, 5.74) is 0.186. The first-order valence-electron chi connectivity index (χ1n) is 4.71. The molecule has 0 fully saturated rings. The Bertz CT molecular complexity index is 480. The minimum absolute atomic E-state index is 0.0940. The third-order valence-electron chi connectivity index (χ3n) is 1.89. The first-order chi connectivity index (χ1) is 8.19. The number of alkyl halides is 1. The van der Waals surface area contributed by atoms with Crippen LogP contribution in [0.2, 0.25) is 0 Å². The Balaban J connectivity index is 2.87. The minimum Gasteiger partial charge on any atom is -0.488 e. The van der Waals surface area contributed by atoms with Crippen LogP contribution in [0.25, 0.3) is 0 Å². The number of hydrogen-bond donors (Lipinski definition) is 0. The van der Waals surface area contributed by atoms with Crippen LogP contribution in [0.1, 0.15) is 5.56 Å². The van der Waals surface area contributed by atoms with Gasteiger partial charge in [0, 0.05) is 11.4 Å². The molecule has 17 heavy (non-hydrogen) atoms. The number of non-ortho nitro benzene ring substituents is 1. The normalized spacial score (nSPS) is 10.1. The highest BCUT2D eigenvalue weighted by Crippen LogP contribution is 2.24. The monoisotopic (exact) mass is 296 g/mol. The van der Waals surface area contributed by atoms with Crippen LogP contribution in [0, 0.1) is 21.4 Å². The number of nitro groups is 1. The number of benzene rings is 1. The molecular weight excluding hydrogens is 288 g/mol. The van der Waals surface area contributed by atoms with E-state index in [0.29, 0.717) is 5.33 Å². The van der Waals surface area contributed by atoms with Gasteiger partial charge in [0.2, 0.25) is 0 Å². The molecule has 0 heterocycles. The van der Waals surface area contributed by atoms with Gasteiger partial charge in [-0.2, -0.15) is 5.26 Å². The van der Waals surface area contributed by atoms with Crippen molar-refractivity contribution in [1.29, 1.82) is 5.26 Å². The summed E-state index contributed by atoms with van der Waals surface area (Å²) in [4.78, 5) is 10.1. The van der Waals surface area contributed by atoms with Crippen LogP contribution in [-0.4, -0.2) is 16.9 Å². The highest BCUT2D eigenvalue weighted by molar-refractivity contribution is 9.09. The van der Waals surface area contributed by atoms with Crippen molar-refractivity contribution in [3.05, 3.63) is 46.0 Å². The van der Waals surface area contributed by atoms with E-state index in [9.17, 15) is 10.1 Å². The molecule has 0 unspecified atom stereocenters. The molecule has 6 heteroatoms. The van der Waals surface area contributed by atoms with E-state index in [0.717, 1.165) is 0 Å². The second kappa shape index (κ2) is 6.66. The molecule has 0 N–H and O–H groups in total. The van der Waals surface area contributed by atoms with Crippen LogP contribution < -0.4 is 4.74 Å². The van der Waals surface area contributed by atoms with Crippen molar-refractivity contribution >= 4 is 21.6 Å². The molecule has 0 amide bonds. The molecule has 1 rings (SSSR count). The number of nitrogens with zero attached hydrogens (tertiary/aromatic N) is 2. The molecule has 0 spiro atoms. The van der Waals surface area contributed by atoms with Crippen LogP contribution in [0.3, 0.4) is 0 Å². The zero-order chi connectivity index (χ0) is 12.7. The van der Waals surface area contributed by atoms with Crippen molar-refractivity contribution in [2.24, 2.45) is 0 Å². The predicted octanol–water partition coefficient (Wildman–Crippen LogP) is 2.80. The summed E-state index contributed by atoms with van der Waals surface area (Å²) in [5, 5.41) is 20.1. The molecule has 5 nitrogen and oxygen atoms in total. The molecule has 0 radical (unpaired) electrons. The Hall–Kier alpha value is -1.87. The maximum atomic E-state index is 10.6. The SMILES string of the molecule is N#Cc1ccc([N+](=O)[O-])cc1OC/C=C/CBr. The Kier molecular flexibility index (Phi) is 5.17. The van der Waals surface area contributed by atoms with Crippen LogP contribution in [0.15, 0.2) is 30.4 Å². The van der Waals surface area contributed by atoms with E-state index >= 15 is 0 Å². The predicted molar refractivity (Wildman–Crippen MR) is 66.2 cm³/mol. The van der Waals surface area contributed by atoms with Crippen LogP contribution in [-0.2, 0) is 0 Å². The van der Waals surface area contributed by atoms with Gasteiger partial charge < -0.3 is 4.74 Å². The molecule has 0 saturated heterocycles. The van der Waals surface area contributed by atoms with Gasteiger partial charge in [-0.1, -0.05) is 28.1 Å². The lowest BCUT2D eigenvalue weighted by atomic mass is 10.2. The van der Waals surface area contributed by atoms with Gasteiger partial charge in [-0.3, -0.25) is 10.1 Å². The molecule has 0 aromatic heterocycles. The molecule has 0 aliphatic rings. The third-order valence-corrected chi connectivity index (χ3v) is 2.26. The minimum atomic E-state index is -0.525. The van der Waals surface area contributed by atoms with E-state index in [2.05, 4.69) is 15.9 Å². The lowest BCUT2D eigenvalue weighted by molar-refractivity contribution is -0.384. The zero-order valence-electron chi connectivity index (χ0n) is 8.80. The second-order valence-corrected chi connectivity index (χ2v) is 3.63. The molecule has 1 aromatic rings. The number of hydrogen-bond acceptors (Lipinski definition) is 4. The topological polar surface area (TPSA) is 76.2 Å². The average molecular weight is 297 g/mol. The van der Waals surface area contributed by atoms with E-state index in [4.69, 9.17) is 10.00 Å². The van der Waals surface area contributed by atoms with Gasteiger partial charge in [0.05, 0.1) is 16.6 Å². The fourth-order valence-corrected chi connectivity index (χ4v) is 1.37. The second-order valence-electron chi connectivity index (χ2n) is 2.99. The van der Waals surface area contributed by atoms with E-state index < -0.39 is 4.92 Å². The summed E-state index contributed by atoms with van der Waals surface area (Å²) in [6.07, 6.45) is 3.60. The van der Waals surface area contributed by atoms with Crippen molar-refractivity contribution in [3.63, 3.8) is 0 Å². The van der Waals surface area contributed by atoms with E-state index in [-0.39, 0.29) is 23.6 Å². The van der Waals surface area contributed by atoms with Gasteiger partial charge in [-0.15, -0.1) is 0 Å². The van der Waals surface area contributed by atoms with E-state index in [1.165, 1.54) is 18.2 Å². The number of halogens is 1. The van der Waals surface area contributed by atoms with Crippen molar-refractivity contribution in [2.45, 2.75) is 0 Å². The average Bonchev–Trinajstić information content (AvgIpc) is 2.34. The smallest absolute Gasteiger partial charge is 0.273 e. The Morgan fingerprint density at radius 2 is 2.29 bits per heavy atom. The van der Waals surface area contributed by atoms with Crippen molar-refractivity contribution in [3.8, 4) is 11.8 Å². The van der Waals surface area contributed by atoms with Crippen LogP contribution in [0.5, 0.6) is 5.75 Å². The number of nitro benzene ring substituents is 1. The number of rotatable bonds is 5. The summed E-state index contributed by atoms with van der Waals surface area (Å²) < 4.78 is 5.29. The zero-order valence-corrected chi connectivity index (χ0v) is 10.4. The van der Waals surface area contributed by atoms with Crippen molar-refractivity contribution < 1.29 is 9.66 Å². The van der Waals surface area contributed by atoms with Gasteiger partial charge >= 0.3 is 0 Å². The van der Waals surface area contributed by atoms with E-state index in [1.807, 2.05) is 12.1 Å². The summed E-state index contributed by atoms with van der Waals surface area (Å²) in [5.74, 6) is 0.223. The Morgan fingerprint density at radius 3 is 2.88 bits per heavy atom. The maximum Gasteiger partial charge on any atom is 0.273 e. The number of nitriles is 1. The quantitative estimate of drug-likeness (QED) is 0.362. The number of ether oxygens (including phenoxy) is 1. The van der Waals surface area contributed by atoms with Gasteiger partial charge in [0.25, 0.3) is 5.69 Å². The molecule has 0 aliphatic heterocycles. The van der Waals surface area contributed by atoms with Crippen LogP contribution >= 0.6 is 15.9 Å². The van der Waals surface area contributed by atoms with Gasteiger partial charge in [0.15, 0.2) is 0 Å². The lowest BCUT2D eigenvalue weighted by Crippen LogP contribution is -1.97. The summed E-state index contributed by atoms with van der Waals surface area (Å²) >= 11 is 3.21. The van der Waals surface area contributed by atoms with Crippen molar-refractivity contribution in [2.75, 3.05) is 11.9 Å². The third kappa shape index (κ3) is 3.89. The number of allylic oxidation sites excluding steroid dienone is 1. The molecular formula is C11H9BrN2O3. The van der Waals surface area contributed by atoms with Gasteiger partial charge in [-0.25, -0.2) is 0 Å². The fourth-order valence-electron chi connectivity index (χ4n) is 1.11. The Morgan fingerprint density at radius 1 is 1.53 bits per heavy atom. The fraction of sp³-hybridized carbons (Fsp3) is 0.182. The standard InChI is InChI=1S/C11H9BrN2O3/c12-5-1-2-6-17-11-7-10(14(15)16)4-3-9(11)8-13/h1-4,7H,5-6H2/b2-1+. The summed E-state index contributed by atoms with van der Waals surface area (Å²) in [7, 11) is 0. The largest absolute Gasteiger partial charge is 0.488 e. The molecule has 88 valence electrons. The molecule has 0 bridgehead atoms. The van der Waals surface area contributed by atoms with Crippen molar-refractivity contribution in [1.82, 2.24) is 0 Å². The molecule has 0 saturated carbocycles. The Labute approximate surface area is 107 Å². The highest BCUT2D eigenvalue weighted by atomic mass is 79.9. The maximum absolute atomic E-state index is 10.6. The molecule has 0 atom stereocenters. The van der Waals surface area contributed by atoms with Crippen LogP contribution in [0.4, 0.5) is 5.69 Å². The van der Waals surface area contributed by atoms with Gasteiger partial charge in [0.1, 0.15) is 18.4 Å². The lowest BCUT2D eigenvalue weighted by Gasteiger charge is -2.04. The van der Waals surface area contributed by atoms with E-state index in [1.54, 1.807) is 6.08 Å². The first-order valence-corrected chi connectivity index (χ1v) is 5.83.